The molecule has 2 atom stereocenters. The Morgan fingerprint density at radius 3 is 2.22 bits per heavy atom. The van der Waals surface area contributed by atoms with Crippen LogP contribution in [0, 0.1) is 17.8 Å². The molecule has 2 aromatic rings. The third-order valence-electron chi connectivity index (χ3n) is 9.83. The number of allylic oxidation sites excluding steroid dienone is 1. The van der Waals surface area contributed by atoms with E-state index in [1.165, 1.54) is 63.4 Å². The maximum absolute atomic E-state index is 13.6. The van der Waals surface area contributed by atoms with Gasteiger partial charge in [0.05, 0.1) is 16.9 Å². The van der Waals surface area contributed by atoms with Gasteiger partial charge in [0.15, 0.2) is 5.82 Å². The third-order valence-corrected chi connectivity index (χ3v) is 9.83. The molecule has 2 aliphatic heterocycles. The maximum Gasteiger partial charge on any atom is 0.257 e. The lowest BCUT2D eigenvalue weighted by Crippen LogP contribution is -2.47. The number of pyridine rings is 1. The number of carbonyl (C=O) groups excluding carboxylic acids is 2. The van der Waals surface area contributed by atoms with Gasteiger partial charge in [0.25, 0.3) is 5.91 Å². The lowest BCUT2D eigenvalue weighted by molar-refractivity contribution is -0.118. The van der Waals surface area contributed by atoms with Crippen molar-refractivity contribution in [3.05, 3.63) is 59.8 Å². The smallest absolute Gasteiger partial charge is 0.257 e. The zero-order valence-electron chi connectivity index (χ0n) is 29.3. The van der Waals surface area contributed by atoms with E-state index in [1.54, 1.807) is 29.3 Å². The Morgan fingerprint density at radius 2 is 1.50 bits per heavy atom. The summed E-state index contributed by atoms with van der Waals surface area (Å²) in [6.45, 7) is 17.5. The number of nitrogens with zero attached hydrogens (tertiary/aromatic N) is 4. The van der Waals surface area contributed by atoms with Crippen LogP contribution in [0.15, 0.2) is 54.2 Å². The number of aromatic nitrogens is 1. The van der Waals surface area contributed by atoms with Crippen LogP contribution in [0.4, 0.5) is 17.2 Å². The zero-order valence-corrected chi connectivity index (χ0v) is 29.3. The quantitative estimate of drug-likeness (QED) is 0.177. The van der Waals surface area contributed by atoms with Gasteiger partial charge in [-0.05, 0) is 61.8 Å². The summed E-state index contributed by atoms with van der Waals surface area (Å²) in [5.41, 5.74) is 3.13. The Balaban J connectivity index is 1.13. The molecule has 0 saturated carbocycles. The number of piperazine rings is 1. The molecule has 1 fully saturated rings. The molecule has 252 valence electrons. The normalized spacial score (nSPS) is 17.3. The van der Waals surface area contributed by atoms with E-state index in [9.17, 15) is 9.59 Å². The van der Waals surface area contributed by atoms with Gasteiger partial charge < -0.3 is 10.2 Å². The van der Waals surface area contributed by atoms with E-state index in [0.29, 0.717) is 35.7 Å². The number of hydrogen-bond donors (Lipinski definition) is 1. The van der Waals surface area contributed by atoms with Gasteiger partial charge in [0.1, 0.15) is 0 Å². The summed E-state index contributed by atoms with van der Waals surface area (Å²) < 4.78 is 0. The molecule has 2 aliphatic rings. The summed E-state index contributed by atoms with van der Waals surface area (Å²) in [6.07, 6.45) is 16.6. The van der Waals surface area contributed by atoms with Gasteiger partial charge in [-0.25, -0.2) is 4.98 Å². The van der Waals surface area contributed by atoms with Crippen LogP contribution >= 0.6 is 0 Å². The van der Waals surface area contributed by atoms with Crippen molar-refractivity contribution in [1.29, 1.82) is 0 Å². The fourth-order valence-corrected chi connectivity index (χ4v) is 6.74. The van der Waals surface area contributed by atoms with Crippen molar-refractivity contribution in [1.82, 2.24) is 14.8 Å². The fraction of sp³-hybridized carbons (Fsp3) is 0.615. The van der Waals surface area contributed by atoms with Crippen molar-refractivity contribution in [3.8, 4) is 0 Å². The van der Waals surface area contributed by atoms with Crippen LogP contribution in [0.25, 0.3) is 0 Å². The lowest BCUT2D eigenvalue weighted by atomic mass is 9.91. The summed E-state index contributed by atoms with van der Waals surface area (Å²) >= 11 is 0. The van der Waals surface area contributed by atoms with Gasteiger partial charge in [-0.15, -0.1) is 0 Å². The minimum Gasteiger partial charge on any atom is -0.319 e. The van der Waals surface area contributed by atoms with E-state index >= 15 is 0 Å². The minimum absolute atomic E-state index is 0.0501. The second-order valence-electron chi connectivity index (χ2n) is 14.4. The molecule has 1 aromatic heterocycles. The first kappa shape index (κ1) is 35.8. The molecule has 2 amide bonds. The van der Waals surface area contributed by atoms with Crippen LogP contribution in [-0.4, -0.2) is 65.9 Å². The number of para-hydroxylation sites is 1. The predicted molar refractivity (Wildman–Crippen MR) is 192 cm³/mol. The summed E-state index contributed by atoms with van der Waals surface area (Å²) in [4.78, 5) is 37.5. The van der Waals surface area contributed by atoms with Crippen molar-refractivity contribution in [2.24, 2.45) is 17.8 Å². The summed E-state index contributed by atoms with van der Waals surface area (Å²) in [5.74, 6) is 2.75. The average Bonchev–Trinajstić information content (AvgIpc) is 3.16. The highest BCUT2D eigenvalue weighted by Crippen LogP contribution is 2.36. The number of hydrogen-bond acceptors (Lipinski definition) is 5. The molecule has 1 N–H and O–H groups in total. The largest absolute Gasteiger partial charge is 0.319 e. The van der Waals surface area contributed by atoms with Gasteiger partial charge >= 0.3 is 0 Å². The zero-order chi connectivity index (χ0) is 32.9. The molecule has 1 saturated heterocycles. The molecule has 0 radical (unpaired) electrons. The van der Waals surface area contributed by atoms with Crippen LogP contribution in [0.1, 0.15) is 109 Å². The molecule has 0 unspecified atom stereocenters. The first-order valence-electron chi connectivity index (χ1n) is 18.0. The standard InChI is InChI=1S/C39H59N5O2/c1-30(2)12-8-13-31(3)14-9-15-32(4)16-10-17-33(5)21-24-42-26-28-43(29-27-42)25-22-37(45)44-36-20-7-6-18-34(36)39(46)41-35-19-11-23-40-38(35)44/h6-7,11,18-21,23,30-32H,8-10,12-17,22,24-29H2,1-5H3,(H,41,46)/b33-21+/t31-,32-/m1/s1. The van der Waals surface area contributed by atoms with E-state index in [2.05, 4.69) is 60.8 Å². The molecule has 46 heavy (non-hydrogen) atoms. The minimum atomic E-state index is -0.224. The molecule has 1 aromatic carbocycles. The molecule has 7 nitrogen and oxygen atoms in total. The highest BCUT2D eigenvalue weighted by atomic mass is 16.2. The Kier molecular flexibility index (Phi) is 14.3. The third kappa shape index (κ3) is 11.0. The number of fused-ring (bicyclic) bond motifs is 2. The molecule has 0 bridgehead atoms. The molecule has 0 spiro atoms. The number of benzene rings is 1. The van der Waals surface area contributed by atoms with E-state index in [-0.39, 0.29) is 11.8 Å². The molecule has 3 heterocycles. The number of nitrogens with one attached hydrogen (secondary N) is 1. The molecular weight excluding hydrogens is 570 g/mol. The van der Waals surface area contributed by atoms with Crippen LogP contribution in [-0.2, 0) is 4.79 Å². The number of anilines is 3. The van der Waals surface area contributed by atoms with Gasteiger partial charge in [-0.1, -0.05) is 96.4 Å². The van der Waals surface area contributed by atoms with Crippen molar-refractivity contribution >= 4 is 29.0 Å². The second-order valence-corrected chi connectivity index (χ2v) is 14.4. The Hall–Kier alpha value is -3.03. The van der Waals surface area contributed by atoms with E-state index < -0.39 is 0 Å². The summed E-state index contributed by atoms with van der Waals surface area (Å²) in [7, 11) is 0. The van der Waals surface area contributed by atoms with Crippen molar-refractivity contribution in [2.75, 3.05) is 49.5 Å². The van der Waals surface area contributed by atoms with Crippen molar-refractivity contribution < 1.29 is 9.59 Å². The Bertz CT molecular complexity index is 1280. The van der Waals surface area contributed by atoms with Crippen molar-refractivity contribution in [3.63, 3.8) is 0 Å². The van der Waals surface area contributed by atoms with E-state index in [4.69, 9.17) is 0 Å². The van der Waals surface area contributed by atoms with E-state index in [1.807, 2.05) is 18.2 Å². The van der Waals surface area contributed by atoms with Gasteiger partial charge in [0, 0.05) is 51.9 Å². The average molecular weight is 630 g/mol. The Labute approximate surface area is 278 Å². The van der Waals surface area contributed by atoms with Crippen LogP contribution in [0.5, 0.6) is 0 Å². The first-order chi connectivity index (χ1) is 22.2. The lowest BCUT2D eigenvalue weighted by Gasteiger charge is -2.34. The fourth-order valence-electron chi connectivity index (χ4n) is 6.74. The summed E-state index contributed by atoms with van der Waals surface area (Å²) in [6, 6.07) is 10.8. The highest BCUT2D eigenvalue weighted by Gasteiger charge is 2.30. The SMILES string of the molecule is C/C(=C\CN1CCN(CCC(=O)N2c3ccccc3C(=O)Nc3cccnc32)CC1)CCC[C@H](C)CCC[C@H](C)CCCC(C)C. The van der Waals surface area contributed by atoms with E-state index in [0.717, 1.165) is 50.5 Å². The monoisotopic (exact) mass is 629 g/mol. The van der Waals surface area contributed by atoms with Gasteiger partial charge in [-0.3, -0.25) is 19.4 Å². The number of carbonyl (C=O) groups is 2. The maximum atomic E-state index is 13.6. The first-order valence-corrected chi connectivity index (χ1v) is 18.0. The van der Waals surface area contributed by atoms with Crippen LogP contribution < -0.4 is 10.2 Å². The molecule has 7 heteroatoms. The molecule has 0 aliphatic carbocycles. The molecular formula is C39H59N5O2. The number of rotatable bonds is 17. The number of amides is 2. The van der Waals surface area contributed by atoms with Crippen LogP contribution in [0.2, 0.25) is 0 Å². The summed E-state index contributed by atoms with van der Waals surface area (Å²) in [5, 5.41) is 2.91. The van der Waals surface area contributed by atoms with Crippen LogP contribution in [0.3, 0.4) is 0 Å². The topological polar surface area (TPSA) is 68.8 Å². The predicted octanol–water partition coefficient (Wildman–Crippen LogP) is 8.71. The van der Waals surface area contributed by atoms with Gasteiger partial charge in [-0.2, -0.15) is 0 Å². The highest BCUT2D eigenvalue weighted by molar-refractivity contribution is 6.17. The second kappa shape index (κ2) is 18.3. The van der Waals surface area contributed by atoms with Gasteiger partial charge in [0.2, 0.25) is 5.91 Å². The molecule has 4 rings (SSSR count). The van der Waals surface area contributed by atoms with Crippen molar-refractivity contribution in [2.45, 2.75) is 98.8 Å². The Morgan fingerprint density at radius 1 is 0.848 bits per heavy atom.